The molecule has 0 radical (unpaired) electrons. The zero-order chi connectivity index (χ0) is 12.0. The molecule has 1 aliphatic carbocycles. The van der Waals surface area contributed by atoms with Gasteiger partial charge in [-0.1, -0.05) is 20.8 Å². The smallest absolute Gasteiger partial charge is 0.0521 e. The van der Waals surface area contributed by atoms with Gasteiger partial charge in [0.25, 0.3) is 0 Å². The number of thioether (sulfide) groups is 1. The summed E-state index contributed by atoms with van der Waals surface area (Å²) in [6.45, 7) is 8.39. The Kier molecular flexibility index (Phi) is 6.16. The first-order valence-corrected chi connectivity index (χ1v) is 7.60. The summed E-state index contributed by atoms with van der Waals surface area (Å²) >= 11 is 1.95. The Balaban J connectivity index is 2.46. The summed E-state index contributed by atoms with van der Waals surface area (Å²) in [5.74, 6) is 0.880. The molecule has 2 atom stereocenters. The molecule has 0 saturated heterocycles. The largest absolute Gasteiger partial charge is 0.396 e. The van der Waals surface area contributed by atoms with Gasteiger partial charge in [0.2, 0.25) is 0 Å². The van der Waals surface area contributed by atoms with Crippen LogP contribution < -0.4 is 5.32 Å². The molecule has 0 aromatic carbocycles. The monoisotopic (exact) mass is 245 g/mol. The van der Waals surface area contributed by atoms with Gasteiger partial charge in [-0.25, -0.2) is 0 Å². The second-order valence-electron chi connectivity index (χ2n) is 5.60. The lowest BCUT2D eigenvalue weighted by atomic mass is 9.75. The second-order valence-corrected chi connectivity index (χ2v) is 6.95. The van der Waals surface area contributed by atoms with Crippen molar-refractivity contribution in [3.63, 3.8) is 0 Å². The molecule has 0 heterocycles. The summed E-state index contributed by atoms with van der Waals surface area (Å²) in [5.41, 5.74) is 0.484. The van der Waals surface area contributed by atoms with Crippen molar-refractivity contribution in [3.8, 4) is 0 Å². The molecule has 1 saturated carbocycles. The molecule has 96 valence electrons. The number of nitrogens with one attached hydrogen (secondary N) is 1. The molecule has 0 aromatic heterocycles. The third-order valence-corrected chi connectivity index (χ3v) is 4.76. The fraction of sp³-hybridized carbons (Fsp3) is 1.00. The third-order valence-electron chi connectivity index (χ3n) is 3.41. The first-order valence-electron chi connectivity index (χ1n) is 6.55. The van der Waals surface area contributed by atoms with Crippen LogP contribution in [0.3, 0.4) is 0 Å². The van der Waals surface area contributed by atoms with Crippen molar-refractivity contribution in [2.45, 2.75) is 57.7 Å². The van der Waals surface area contributed by atoms with E-state index in [1.807, 2.05) is 11.8 Å². The summed E-state index contributed by atoms with van der Waals surface area (Å²) in [4.78, 5) is 0. The van der Waals surface area contributed by atoms with E-state index >= 15 is 0 Å². The molecule has 0 aliphatic heterocycles. The van der Waals surface area contributed by atoms with Gasteiger partial charge in [-0.05, 0) is 37.6 Å². The lowest BCUT2D eigenvalue weighted by Crippen LogP contribution is -2.45. The first kappa shape index (κ1) is 14.3. The molecule has 2 N–H and O–H groups in total. The molecule has 3 heteroatoms. The quantitative estimate of drug-likeness (QED) is 0.754. The van der Waals surface area contributed by atoms with Gasteiger partial charge < -0.3 is 10.4 Å². The van der Waals surface area contributed by atoms with E-state index in [0.29, 0.717) is 23.3 Å². The number of hydrogen-bond donors (Lipinski definition) is 2. The maximum Gasteiger partial charge on any atom is 0.0521 e. The summed E-state index contributed by atoms with van der Waals surface area (Å²) in [6.07, 6.45) is 5.09. The molecule has 0 spiro atoms. The average Bonchev–Trinajstić information content (AvgIpc) is 2.24. The van der Waals surface area contributed by atoms with Gasteiger partial charge in [0.1, 0.15) is 0 Å². The lowest BCUT2D eigenvalue weighted by Gasteiger charge is -2.41. The molecular weight excluding hydrogens is 218 g/mol. The fourth-order valence-corrected chi connectivity index (χ4v) is 3.91. The van der Waals surface area contributed by atoms with Crippen LogP contribution in [0.25, 0.3) is 0 Å². The van der Waals surface area contributed by atoms with Crippen molar-refractivity contribution in [2.75, 3.05) is 18.9 Å². The number of aliphatic hydroxyl groups excluding tert-OH is 1. The van der Waals surface area contributed by atoms with E-state index in [9.17, 15) is 0 Å². The highest BCUT2D eigenvalue weighted by atomic mass is 32.2. The maximum absolute atomic E-state index is 8.95. The zero-order valence-corrected chi connectivity index (χ0v) is 11.8. The summed E-state index contributed by atoms with van der Waals surface area (Å²) in [5, 5.41) is 13.3. The van der Waals surface area contributed by atoms with Gasteiger partial charge in [-0.2, -0.15) is 11.8 Å². The van der Waals surface area contributed by atoms with Crippen molar-refractivity contribution in [3.05, 3.63) is 0 Å². The van der Waals surface area contributed by atoms with E-state index in [1.54, 1.807) is 0 Å². The van der Waals surface area contributed by atoms with E-state index in [1.165, 1.54) is 25.7 Å². The summed E-state index contributed by atoms with van der Waals surface area (Å²) in [6, 6.07) is 0.657. The predicted octanol–water partition coefficient (Wildman–Crippen LogP) is 2.66. The summed E-state index contributed by atoms with van der Waals surface area (Å²) < 4.78 is 0. The van der Waals surface area contributed by atoms with Crippen LogP contribution in [0.4, 0.5) is 0 Å². The van der Waals surface area contributed by atoms with Crippen LogP contribution in [0.5, 0.6) is 0 Å². The van der Waals surface area contributed by atoms with Gasteiger partial charge in [-0.15, -0.1) is 0 Å². The van der Waals surface area contributed by atoms with Crippen molar-refractivity contribution in [1.82, 2.24) is 5.32 Å². The molecule has 2 unspecified atom stereocenters. The van der Waals surface area contributed by atoms with Gasteiger partial charge in [-0.3, -0.25) is 0 Å². The van der Waals surface area contributed by atoms with Crippen LogP contribution in [-0.4, -0.2) is 35.3 Å². The van der Waals surface area contributed by atoms with Crippen molar-refractivity contribution < 1.29 is 5.11 Å². The molecule has 1 aliphatic rings. The normalized spacial score (nSPS) is 29.2. The number of hydrogen-bond acceptors (Lipinski definition) is 3. The molecule has 1 rings (SSSR count). The van der Waals surface area contributed by atoms with Crippen LogP contribution in [0.1, 0.15) is 46.5 Å². The van der Waals surface area contributed by atoms with E-state index in [4.69, 9.17) is 5.11 Å². The van der Waals surface area contributed by atoms with Gasteiger partial charge >= 0.3 is 0 Å². The maximum atomic E-state index is 8.95. The van der Waals surface area contributed by atoms with Crippen LogP contribution in [0, 0.1) is 5.41 Å². The lowest BCUT2D eigenvalue weighted by molar-refractivity contribution is 0.213. The molecule has 2 nitrogen and oxygen atoms in total. The van der Waals surface area contributed by atoms with Crippen LogP contribution in [-0.2, 0) is 0 Å². The Bertz CT molecular complexity index is 196. The Morgan fingerprint density at radius 1 is 1.44 bits per heavy atom. The molecule has 0 amide bonds. The minimum atomic E-state index is 0.308. The molecule has 1 fully saturated rings. The van der Waals surface area contributed by atoms with Crippen LogP contribution >= 0.6 is 11.8 Å². The Morgan fingerprint density at radius 3 is 2.81 bits per heavy atom. The van der Waals surface area contributed by atoms with Gasteiger partial charge in [0, 0.05) is 17.0 Å². The molecular formula is C13H27NOS. The molecule has 0 bridgehead atoms. The first-order chi connectivity index (χ1) is 7.59. The van der Waals surface area contributed by atoms with Crippen LogP contribution in [0.2, 0.25) is 0 Å². The molecule has 16 heavy (non-hydrogen) atoms. The van der Waals surface area contributed by atoms with Gasteiger partial charge in [0.05, 0.1) is 6.61 Å². The Labute approximate surface area is 105 Å². The van der Waals surface area contributed by atoms with E-state index < -0.39 is 0 Å². The van der Waals surface area contributed by atoms with E-state index in [0.717, 1.165) is 12.3 Å². The minimum Gasteiger partial charge on any atom is -0.396 e. The van der Waals surface area contributed by atoms with Crippen molar-refractivity contribution in [1.29, 1.82) is 0 Å². The SMILES string of the molecule is CCCNC1CCC(C)(C)CC1SCCO. The standard InChI is InChI=1S/C13H27NOS/c1-4-7-14-11-5-6-13(2,3)10-12(11)16-9-8-15/h11-12,14-15H,4-10H2,1-3H3. The van der Waals surface area contributed by atoms with E-state index in [2.05, 4.69) is 26.1 Å². The van der Waals surface area contributed by atoms with E-state index in [-0.39, 0.29) is 0 Å². The fourth-order valence-electron chi connectivity index (χ4n) is 2.46. The topological polar surface area (TPSA) is 32.3 Å². The highest BCUT2D eigenvalue weighted by Gasteiger charge is 2.34. The third kappa shape index (κ3) is 4.64. The molecule has 0 aromatic rings. The second kappa shape index (κ2) is 6.87. The Morgan fingerprint density at radius 2 is 2.19 bits per heavy atom. The number of rotatable bonds is 6. The minimum absolute atomic E-state index is 0.308. The van der Waals surface area contributed by atoms with Gasteiger partial charge in [0.15, 0.2) is 0 Å². The van der Waals surface area contributed by atoms with Crippen molar-refractivity contribution >= 4 is 11.8 Å². The zero-order valence-electron chi connectivity index (χ0n) is 11.0. The highest BCUT2D eigenvalue weighted by molar-refractivity contribution is 7.99. The summed E-state index contributed by atoms with van der Waals surface area (Å²) in [7, 11) is 0. The average molecular weight is 245 g/mol. The van der Waals surface area contributed by atoms with Crippen LogP contribution in [0.15, 0.2) is 0 Å². The highest BCUT2D eigenvalue weighted by Crippen LogP contribution is 2.40. The Hall–Kier alpha value is 0.270. The number of aliphatic hydroxyl groups is 1. The van der Waals surface area contributed by atoms with Crippen molar-refractivity contribution in [2.24, 2.45) is 5.41 Å². The predicted molar refractivity (Wildman–Crippen MR) is 73.0 cm³/mol.